The molecule has 0 saturated carbocycles. The standard InChI is InChI=1S/C9H4BrFO2/c10-7-1-2-8-6(9(7)11)3-5(4-12)13-8/h1-4H. The molecule has 0 atom stereocenters. The van der Waals surface area contributed by atoms with Crippen molar-refractivity contribution in [2.75, 3.05) is 0 Å². The first-order chi connectivity index (χ1) is 6.22. The molecule has 0 unspecified atom stereocenters. The first-order valence-corrected chi connectivity index (χ1v) is 4.34. The average Bonchev–Trinajstić information content (AvgIpc) is 2.55. The quantitative estimate of drug-likeness (QED) is 0.720. The van der Waals surface area contributed by atoms with Crippen molar-refractivity contribution in [1.82, 2.24) is 0 Å². The number of hydrogen-bond donors (Lipinski definition) is 0. The first kappa shape index (κ1) is 8.44. The molecular weight excluding hydrogens is 239 g/mol. The number of carbonyl (C=O) groups is 1. The molecule has 0 amide bonds. The summed E-state index contributed by atoms with van der Waals surface area (Å²) < 4.78 is 18.7. The van der Waals surface area contributed by atoms with E-state index in [2.05, 4.69) is 15.9 Å². The lowest BCUT2D eigenvalue weighted by Crippen LogP contribution is -1.76. The molecule has 2 aromatic rings. The fourth-order valence-corrected chi connectivity index (χ4v) is 1.47. The summed E-state index contributed by atoms with van der Waals surface area (Å²) in [7, 11) is 0. The summed E-state index contributed by atoms with van der Waals surface area (Å²) >= 11 is 3.04. The van der Waals surface area contributed by atoms with Gasteiger partial charge in [-0.05, 0) is 34.1 Å². The molecule has 0 saturated heterocycles. The molecule has 0 spiro atoms. The highest BCUT2D eigenvalue weighted by atomic mass is 79.9. The van der Waals surface area contributed by atoms with Crippen LogP contribution in [0.25, 0.3) is 11.0 Å². The maximum atomic E-state index is 13.3. The topological polar surface area (TPSA) is 30.2 Å². The van der Waals surface area contributed by atoms with Gasteiger partial charge in [-0.2, -0.15) is 0 Å². The van der Waals surface area contributed by atoms with Gasteiger partial charge >= 0.3 is 0 Å². The van der Waals surface area contributed by atoms with Crippen molar-refractivity contribution >= 4 is 33.2 Å². The Hall–Kier alpha value is -1.16. The maximum Gasteiger partial charge on any atom is 0.185 e. The Labute approximate surface area is 81.5 Å². The van der Waals surface area contributed by atoms with Gasteiger partial charge in [0.2, 0.25) is 0 Å². The molecule has 0 aliphatic rings. The highest BCUT2D eigenvalue weighted by molar-refractivity contribution is 9.10. The zero-order chi connectivity index (χ0) is 9.42. The van der Waals surface area contributed by atoms with Crippen LogP contribution in [0.2, 0.25) is 0 Å². The van der Waals surface area contributed by atoms with Crippen LogP contribution in [-0.4, -0.2) is 6.29 Å². The van der Waals surface area contributed by atoms with Crippen LogP contribution in [-0.2, 0) is 0 Å². The van der Waals surface area contributed by atoms with Crippen LogP contribution in [0, 0.1) is 5.82 Å². The second-order valence-electron chi connectivity index (χ2n) is 2.54. The second-order valence-corrected chi connectivity index (χ2v) is 3.39. The first-order valence-electron chi connectivity index (χ1n) is 3.55. The van der Waals surface area contributed by atoms with Gasteiger partial charge in [-0.3, -0.25) is 4.79 Å². The van der Waals surface area contributed by atoms with Crippen molar-refractivity contribution in [3.8, 4) is 0 Å². The molecule has 66 valence electrons. The third-order valence-electron chi connectivity index (χ3n) is 1.72. The minimum absolute atomic E-state index is 0.131. The zero-order valence-electron chi connectivity index (χ0n) is 6.38. The molecule has 4 heteroatoms. The van der Waals surface area contributed by atoms with E-state index < -0.39 is 5.82 Å². The van der Waals surface area contributed by atoms with E-state index in [1.54, 1.807) is 6.07 Å². The zero-order valence-corrected chi connectivity index (χ0v) is 7.97. The van der Waals surface area contributed by atoms with Gasteiger partial charge in [-0.15, -0.1) is 0 Å². The van der Waals surface area contributed by atoms with Gasteiger partial charge in [0.1, 0.15) is 11.4 Å². The van der Waals surface area contributed by atoms with Crippen LogP contribution in [0.3, 0.4) is 0 Å². The molecule has 0 aliphatic heterocycles. The minimum atomic E-state index is -0.408. The number of aldehydes is 1. The molecule has 0 bridgehead atoms. The number of fused-ring (bicyclic) bond motifs is 1. The van der Waals surface area contributed by atoms with Crippen LogP contribution in [0.1, 0.15) is 10.6 Å². The number of halogens is 2. The van der Waals surface area contributed by atoms with E-state index in [1.807, 2.05) is 0 Å². The Balaban J connectivity index is 2.83. The monoisotopic (exact) mass is 242 g/mol. The van der Waals surface area contributed by atoms with Gasteiger partial charge < -0.3 is 4.42 Å². The molecule has 1 aromatic heterocycles. The maximum absolute atomic E-state index is 13.3. The summed E-state index contributed by atoms with van der Waals surface area (Å²) in [6.45, 7) is 0. The predicted octanol–water partition coefficient (Wildman–Crippen LogP) is 3.15. The molecule has 0 radical (unpaired) electrons. The van der Waals surface area contributed by atoms with Crippen molar-refractivity contribution in [2.24, 2.45) is 0 Å². The summed E-state index contributed by atoms with van der Waals surface area (Å²) in [6, 6.07) is 4.52. The Morgan fingerprint density at radius 3 is 2.92 bits per heavy atom. The highest BCUT2D eigenvalue weighted by Gasteiger charge is 2.09. The van der Waals surface area contributed by atoms with Crippen LogP contribution in [0.15, 0.2) is 27.1 Å². The lowest BCUT2D eigenvalue weighted by molar-refractivity contribution is 0.110. The molecule has 1 heterocycles. The Bertz CT molecular complexity index is 476. The number of benzene rings is 1. The van der Waals surface area contributed by atoms with Gasteiger partial charge in [0.05, 0.1) is 9.86 Å². The smallest absolute Gasteiger partial charge is 0.185 e. The molecular formula is C9H4BrFO2. The lowest BCUT2D eigenvalue weighted by atomic mass is 10.2. The lowest BCUT2D eigenvalue weighted by Gasteiger charge is -1.92. The van der Waals surface area contributed by atoms with Crippen LogP contribution >= 0.6 is 15.9 Å². The summed E-state index contributed by atoms with van der Waals surface area (Å²) in [5.74, 6) is -0.277. The normalized spacial score (nSPS) is 10.6. The molecule has 2 nitrogen and oxygen atoms in total. The minimum Gasteiger partial charge on any atom is -0.453 e. The third-order valence-corrected chi connectivity index (χ3v) is 2.34. The number of carbonyl (C=O) groups excluding carboxylic acids is 1. The van der Waals surface area contributed by atoms with E-state index >= 15 is 0 Å². The molecule has 2 rings (SSSR count). The Morgan fingerprint density at radius 2 is 2.23 bits per heavy atom. The van der Waals surface area contributed by atoms with E-state index in [0.717, 1.165) is 0 Å². The number of furan rings is 1. The van der Waals surface area contributed by atoms with Gasteiger partial charge in [-0.25, -0.2) is 4.39 Å². The fraction of sp³-hybridized carbons (Fsp3) is 0. The summed E-state index contributed by atoms with van der Waals surface area (Å²) in [4.78, 5) is 10.3. The van der Waals surface area contributed by atoms with Crippen LogP contribution in [0.5, 0.6) is 0 Å². The van der Waals surface area contributed by atoms with Crippen molar-refractivity contribution < 1.29 is 13.6 Å². The van der Waals surface area contributed by atoms with Crippen molar-refractivity contribution in [2.45, 2.75) is 0 Å². The molecule has 0 aliphatic carbocycles. The third kappa shape index (κ3) is 1.27. The highest BCUT2D eigenvalue weighted by Crippen LogP contribution is 2.26. The second kappa shape index (κ2) is 2.96. The summed E-state index contributed by atoms with van der Waals surface area (Å²) in [5.41, 5.74) is 0.378. The summed E-state index contributed by atoms with van der Waals surface area (Å²) in [5, 5.41) is 0.316. The van der Waals surface area contributed by atoms with E-state index in [-0.39, 0.29) is 5.76 Å². The molecule has 0 N–H and O–H groups in total. The predicted molar refractivity (Wildman–Crippen MR) is 49.3 cm³/mol. The average molecular weight is 243 g/mol. The van der Waals surface area contributed by atoms with E-state index in [4.69, 9.17) is 4.42 Å². The molecule has 13 heavy (non-hydrogen) atoms. The van der Waals surface area contributed by atoms with E-state index in [1.165, 1.54) is 12.1 Å². The number of hydrogen-bond acceptors (Lipinski definition) is 2. The van der Waals surface area contributed by atoms with Crippen LogP contribution in [0.4, 0.5) is 4.39 Å². The van der Waals surface area contributed by atoms with Gasteiger partial charge in [-0.1, -0.05) is 0 Å². The largest absolute Gasteiger partial charge is 0.453 e. The van der Waals surface area contributed by atoms with Gasteiger partial charge in [0.25, 0.3) is 0 Å². The van der Waals surface area contributed by atoms with Crippen molar-refractivity contribution in [3.63, 3.8) is 0 Å². The van der Waals surface area contributed by atoms with Gasteiger partial charge in [0.15, 0.2) is 12.0 Å². The SMILES string of the molecule is O=Cc1cc2c(F)c(Br)ccc2o1. The Morgan fingerprint density at radius 1 is 1.46 bits per heavy atom. The van der Waals surface area contributed by atoms with E-state index in [9.17, 15) is 9.18 Å². The van der Waals surface area contributed by atoms with Crippen molar-refractivity contribution in [1.29, 1.82) is 0 Å². The van der Waals surface area contributed by atoms with E-state index in [0.29, 0.717) is 21.7 Å². The van der Waals surface area contributed by atoms with Crippen LogP contribution < -0.4 is 0 Å². The fourth-order valence-electron chi connectivity index (χ4n) is 1.13. The molecule has 1 aromatic carbocycles. The van der Waals surface area contributed by atoms with Crippen molar-refractivity contribution in [3.05, 3.63) is 34.2 Å². The van der Waals surface area contributed by atoms with Gasteiger partial charge in [0, 0.05) is 0 Å². The Kier molecular flexibility index (Phi) is 1.92. The molecule has 0 fully saturated rings. The summed E-state index contributed by atoms with van der Waals surface area (Å²) in [6.07, 6.45) is 0.549. The number of rotatable bonds is 1.